The van der Waals surface area contributed by atoms with Gasteiger partial charge in [0, 0.05) is 25.9 Å². The lowest BCUT2D eigenvalue weighted by Gasteiger charge is -2.34. The number of hydrogen-bond donors (Lipinski definition) is 20. The first kappa shape index (κ1) is 91.7. The summed E-state index contributed by atoms with van der Waals surface area (Å²) >= 11 is 0. The molecule has 3 saturated heterocycles. The van der Waals surface area contributed by atoms with Crippen molar-refractivity contribution in [2.24, 2.45) is 17.4 Å². The van der Waals surface area contributed by atoms with Gasteiger partial charge in [0.25, 0.3) is 0 Å². The second-order valence-corrected chi connectivity index (χ2v) is 28.7. The maximum atomic E-state index is 14.8. The van der Waals surface area contributed by atoms with Crippen molar-refractivity contribution in [1.29, 1.82) is 0 Å². The number of phenols is 1. The van der Waals surface area contributed by atoms with Gasteiger partial charge in [-0.1, -0.05) is 97.1 Å². The fourth-order valence-corrected chi connectivity index (χ4v) is 12.8. The zero-order valence-corrected chi connectivity index (χ0v) is 62.9. The Morgan fingerprint density at radius 2 is 1.05 bits per heavy atom. The number of fused-ring (bicyclic) bond motifs is 2. The Balaban J connectivity index is 1.80. The van der Waals surface area contributed by atoms with Gasteiger partial charge in [0.05, 0.1) is 62.1 Å². The number of aliphatic hydroxyl groups excluding tert-OH is 7. The molecule has 0 aromatic heterocycles. The third-order valence-electron chi connectivity index (χ3n) is 19.0. The first-order valence-corrected chi connectivity index (χ1v) is 37.2. The van der Waals surface area contributed by atoms with E-state index in [1.165, 1.54) is 58.4 Å². The number of nitrogens with two attached hydrogens (primary N) is 2. The van der Waals surface area contributed by atoms with Crippen molar-refractivity contribution in [3.63, 3.8) is 0 Å². The second-order valence-electron chi connectivity index (χ2n) is 28.7. The van der Waals surface area contributed by atoms with Crippen LogP contribution >= 0.6 is 0 Å². The van der Waals surface area contributed by atoms with Crippen LogP contribution in [0.15, 0.2) is 24.3 Å². The van der Waals surface area contributed by atoms with Crippen molar-refractivity contribution in [1.82, 2.24) is 63.0 Å². The molecule has 22 N–H and O–H groups in total. The van der Waals surface area contributed by atoms with E-state index >= 15 is 0 Å². The summed E-state index contributed by atoms with van der Waals surface area (Å²) < 4.78 is 5.95. The summed E-state index contributed by atoms with van der Waals surface area (Å²) in [6.45, 7) is 8.69. The number of amides is 13. The largest absolute Gasteiger partial charge is 0.508 e. The molecule has 0 bridgehead atoms. The third-order valence-corrected chi connectivity index (χ3v) is 19.0. The Bertz CT molecular complexity index is 3200. The molecule has 0 saturated carbocycles. The van der Waals surface area contributed by atoms with Crippen molar-refractivity contribution in [3.05, 3.63) is 29.8 Å². The third kappa shape index (κ3) is 29.0. The van der Waals surface area contributed by atoms with Gasteiger partial charge in [-0.3, -0.25) is 62.3 Å². The molecule has 1 aromatic rings. The number of esters is 1. The monoisotopic (exact) mass is 1530 g/mol. The highest BCUT2D eigenvalue weighted by Crippen LogP contribution is 2.25. The standard InChI is InChI=1S/C71H116N14O23/c1-9-10-11-12-13-14-15-16-17-18-19-21-45-32-52(95)78-55(38(5)86)65(101)75-37(4)61(97)77-47(30-42-23-25-43(90)26-24-42)62(98)80-54(36(2)3)69(105)85-35-44(91)31-48(85)63(99)81-57(40(7)88)67(103)82-58(41(8)89)70(106)84-29-27-49(92)60(84)68(104)83-59(50(93)33-51(73)94)64(100)74-34-53(96)79-56(39(6)87)66(102)76-46(22-20-28-72)71(107)108-45/h23-26,36-41,44-50,54-60,86-93H,9-22,27-35,72H2,1-8H3,(H2,73,94)(H,74,100)(H,75,101)(H,76,102)(H,77,97)(H,78,95)(H,79,96)(H,80,98)(H,81,99)(H,82,103)(H,83,104)/t37-,38-,39-,40-,41-,44-,45-,46+,47+,48+,49+,50-,54+,55?,56?,57?,58?,59?,60+/m1/s1. The molecule has 13 amide bonds. The number of benzene rings is 1. The maximum absolute atomic E-state index is 14.8. The summed E-state index contributed by atoms with van der Waals surface area (Å²) in [5.41, 5.74) is 11.5. The molecular weight excluding hydrogens is 1420 g/mol. The van der Waals surface area contributed by atoms with Crippen molar-refractivity contribution >= 4 is 82.8 Å². The number of nitrogens with one attached hydrogen (secondary N) is 10. The fourth-order valence-electron chi connectivity index (χ4n) is 12.8. The number of ether oxygens (including phenoxy) is 1. The lowest BCUT2D eigenvalue weighted by atomic mass is 9.99. The minimum absolute atomic E-state index is 0.0162. The SMILES string of the molecule is CCCCCCCCCCCCC[C@@H]1CC(=O)NC([C@@H](C)O)C(=O)N[C@H](C)C(=O)N[C@@H](Cc2ccc(O)cc2)C(=O)N[C@@H](C(C)C)C(=O)N2C[C@H](O)C[C@H]2C(=O)NC([C@@H](C)O)C(=O)NC([C@@H](C)O)C(=O)N2CC[C@H](O)[C@H]2C(=O)NC([C@H](O)CC(N)=O)C(=O)NCC(=O)NC([C@@H](C)O)C(=O)N[C@@H](CCCN)C(=O)O1. The highest BCUT2D eigenvalue weighted by atomic mass is 16.5. The van der Waals surface area contributed by atoms with Crippen LogP contribution in [-0.4, -0.2) is 275 Å². The maximum Gasteiger partial charge on any atom is 0.328 e. The normalized spacial score (nSPS) is 28.1. The van der Waals surface area contributed by atoms with Gasteiger partial charge in [-0.25, -0.2) is 4.79 Å². The number of phenolic OH excluding ortho intramolecular Hbond substituents is 1. The van der Waals surface area contributed by atoms with Crippen LogP contribution in [0.25, 0.3) is 0 Å². The van der Waals surface area contributed by atoms with E-state index in [1.54, 1.807) is 0 Å². The summed E-state index contributed by atoms with van der Waals surface area (Å²) in [6, 6.07) is -14.3. The average molecular weight is 1530 g/mol. The number of unbranched alkanes of at least 4 members (excludes halogenated alkanes) is 10. The van der Waals surface area contributed by atoms with Crippen LogP contribution < -0.4 is 64.6 Å². The molecule has 108 heavy (non-hydrogen) atoms. The number of carbonyl (C=O) groups is 14. The zero-order chi connectivity index (χ0) is 80.8. The van der Waals surface area contributed by atoms with Gasteiger partial charge in [-0.2, -0.15) is 0 Å². The first-order valence-electron chi connectivity index (χ1n) is 37.2. The first-order chi connectivity index (χ1) is 50.9. The van der Waals surface area contributed by atoms with Gasteiger partial charge in [0.2, 0.25) is 76.8 Å². The Labute approximate surface area is 628 Å². The molecule has 3 fully saturated rings. The molecule has 0 spiro atoms. The van der Waals surface area contributed by atoms with Crippen LogP contribution in [-0.2, 0) is 78.3 Å². The Hall–Kier alpha value is -8.72. The molecule has 3 aliphatic rings. The molecule has 608 valence electrons. The smallest absolute Gasteiger partial charge is 0.328 e. The number of aromatic hydroxyl groups is 1. The van der Waals surface area contributed by atoms with Gasteiger partial charge in [-0.15, -0.1) is 0 Å². The predicted molar refractivity (Wildman–Crippen MR) is 385 cm³/mol. The van der Waals surface area contributed by atoms with E-state index < -0.39 is 243 Å². The fraction of sp³-hybridized carbons (Fsp3) is 0.718. The molecule has 1 aromatic carbocycles. The van der Waals surface area contributed by atoms with Crippen molar-refractivity contribution in [3.8, 4) is 5.75 Å². The van der Waals surface area contributed by atoms with Gasteiger partial charge in [-0.05, 0) is 96.9 Å². The molecule has 3 heterocycles. The number of nitrogens with zero attached hydrogens (tertiary/aromatic N) is 2. The number of hydrogen-bond acceptors (Lipinski definition) is 24. The second kappa shape index (κ2) is 45.3. The highest BCUT2D eigenvalue weighted by Gasteiger charge is 2.48. The molecule has 3 aliphatic heterocycles. The van der Waals surface area contributed by atoms with E-state index in [-0.39, 0.29) is 44.4 Å². The average Bonchev–Trinajstić information content (AvgIpc) is 1.62. The van der Waals surface area contributed by atoms with Gasteiger partial charge >= 0.3 is 5.97 Å². The van der Waals surface area contributed by atoms with E-state index in [9.17, 15) is 108 Å². The lowest BCUT2D eigenvalue weighted by Crippen LogP contribution is -2.64. The lowest BCUT2D eigenvalue weighted by molar-refractivity contribution is -0.155. The topological polar surface area (TPSA) is 589 Å². The zero-order valence-electron chi connectivity index (χ0n) is 62.9. The summed E-state index contributed by atoms with van der Waals surface area (Å²) in [5.74, 6) is -17.1. The Morgan fingerprint density at radius 3 is 1.60 bits per heavy atom. The summed E-state index contributed by atoms with van der Waals surface area (Å²) in [6.07, 6.45) is -5.96. The van der Waals surface area contributed by atoms with Crippen LogP contribution in [0.2, 0.25) is 0 Å². The van der Waals surface area contributed by atoms with Crippen LogP contribution in [0.1, 0.15) is 177 Å². The van der Waals surface area contributed by atoms with E-state index in [2.05, 4.69) is 60.1 Å². The number of rotatable bonds is 25. The molecule has 37 nitrogen and oxygen atoms in total. The van der Waals surface area contributed by atoms with E-state index in [0.717, 1.165) is 77.0 Å². The molecular formula is C71H116N14O23. The van der Waals surface area contributed by atoms with Gasteiger partial charge in [0.15, 0.2) is 0 Å². The minimum Gasteiger partial charge on any atom is -0.508 e. The number of carbonyl (C=O) groups excluding carboxylic acids is 14. The Morgan fingerprint density at radius 1 is 0.546 bits per heavy atom. The molecule has 0 aliphatic carbocycles. The summed E-state index contributed by atoms with van der Waals surface area (Å²) in [7, 11) is 0. The van der Waals surface area contributed by atoms with Gasteiger partial charge in [0.1, 0.15) is 78.3 Å². The van der Waals surface area contributed by atoms with Crippen LogP contribution in [0.5, 0.6) is 5.75 Å². The van der Waals surface area contributed by atoms with Crippen LogP contribution in [0.3, 0.4) is 0 Å². The van der Waals surface area contributed by atoms with E-state index in [1.807, 2.05) is 0 Å². The van der Waals surface area contributed by atoms with Crippen LogP contribution in [0.4, 0.5) is 0 Å². The van der Waals surface area contributed by atoms with Gasteiger partial charge < -0.3 is 120 Å². The molecule has 0 radical (unpaired) electrons. The quantitative estimate of drug-likeness (QED) is 0.0321. The molecule has 19 atom stereocenters. The van der Waals surface area contributed by atoms with E-state index in [0.29, 0.717) is 23.3 Å². The Kier molecular flexibility index (Phi) is 38.5. The summed E-state index contributed by atoms with van der Waals surface area (Å²) in [5, 5.41) is 111. The molecule has 5 unspecified atom stereocenters. The summed E-state index contributed by atoms with van der Waals surface area (Å²) in [4.78, 5) is 199. The van der Waals surface area contributed by atoms with Crippen molar-refractivity contribution in [2.45, 2.75) is 293 Å². The van der Waals surface area contributed by atoms with Crippen LogP contribution in [0, 0.1) is 5.92 Å². The number of aliphatic hydroxyl groups is 7. The number of cyclic esters (lactones) is 1. The van der Waals surface area contributed by atoms with Crippen molar-refractivity contribution in [2.75, 3.05) is 26.2 Å². The van der Waals surface area contributed by atoms with Crippen molar-refractivity contribution < 1.29 is 113 Å². The predicted octanol–water partition coefficient (Wildman–Crippen LogP) is -5.47. The molecule has 37 heteroatoms. The molecule has 4 rings (SSSR count). The highest BCUT2D eigenvalue weighted by molar-refractivity contribution is 6.00. The minimum atomic E-state index is -2.22. The number of primary amides is 1. The van der Waals surface area contributed by atoms with E-state index in [4.69, 9.17) is 16.2 Å².